The van der Waals surface area contributed by atoms with Gasteiger partial charge in [0.25, 0.3) is 0 Å². The number of methoxy groups -OCH3 is 1. The number of hydrogen-bond donors (Lipinski definition) is 2. The molecular formula is C8H14F3NO3S. The minimum Gasteiger partial charge on any atom is -0.468 e. The summed E-state index contributed by atoms with van der Waals surface area (Å²) in [5.41, 5.74) is 5.36. The molecule has 2 atom stereocenters. The maximum Gasteiger partial charge on any atom is 0.415 e. The van der Waals surface area contributed by atoms with Gasteiger partial charge in [-0.05, 0) is 12.2 Å². The average molecular weight is 261 g/mol. The van der Waals surface area contributed by atoms with Crippen molar-refractivity contribution in [3.63, 3.8) is 0 Å². The summed E-state index contributed by atoms with van der Waals surface area (Å²) in [6.45, 7) is 0. The van der Waals surface area contributed by atoms with E-state index in [9.17, 15) is 18.0 Å². The van der Waals surface area contributed by atoms with Crippen molar-refractivity contribution in [3.8, 4) is 0 Å². The molecule has 0 spiro atoms. The van der Waals surface area contributed by atoms with Crippen LogP contribution in [0.4, 0.5) is 13.2 Å². The average Bonchev–Trinajstić information content (AvgIpc) is 2.20. The standard InChI is InChI=1S/C8H14F3NO3S/c1-15-7(14)5(12)2-3-16-4-6(13)8(9,10)11/h5-6,13H,2-4,12H2,1H3. The lowest BCUT2D eigenvalue weighted by Crippen LogP contribution is -2.33. The third-order valence-electron chi connectivity index (χ3n) is 1.73. The number of rotatable bonds is 6. The van der Waals surface area contributed by atoms with Crippen LogP contribution in [0.2, 0.25) is 0 Å². The first-order chi connectivity index (χ1) is 7.29. The Balaban J connectivity index is 3.65. The first kappa shape index (κ1) is 15.5. The van der Waals surface area contributed by atoms with Gasteiger partial charge in [-0.3, -0.25) is 4.79 Å². The summed E-state index contributed by atoms with van der Waals surface area (Å²) in [4.78, 5) is 10.8. The second-order valence-corrected chi connectivity index (χ2v) is 4.20. The minimum absolute atomic E-state index is 0.210. The molecule has 3 N–H and O–H groups in total. The third kappa shape index (κ3) is 6.19. The first-order valence-corrected chi connectivity index (χ1v) is 5.60. The Morgan fingerprint density at radius 3 is 2.56 bits per heavy atom. The molecule has 0 aliphatic carbocycles. The summed E-state index contributed by atoms with van der Waals surface area (Å²) in [6, 6.07) is -0.833. The zero-order valence-corrected chi connectivity index (χ0v) is 9.48. The molecule has 0 radical (unpaired) electrons. The SMILES string of the molecule is COC(=O)C(N)CCSCC(O)C(F)(F)F. The quantitative estimate of drug-likeness (QED) is 0.539. The Hall–Kier alpha value is -0.470. The van der Waals surface area contributed by atoms with Crippen LogP contribution in [0, 0.1) is 0 Å². The van der Waals surface area contributed by atoms with Crippen LogP contribution in [0.3, 0.4) is 0 Å². The maximum absolute atomic E-state index is 11.9. The summed E-state index contributed by atoms with van der Waals surface area (Å²) in [5, 5.41) is 8.64. The van der Waals surface area contributed by atoms with Crippen LogP contribution in [-0.4, -0.2) is 48.0 Å². The van der Waals surface area contributed by atoms with Crippen molar-refractivity contribution >= 4 is 17.7 Å². The van der Waals surface area contributed by atoms with Crippen molar-refractivity contribution in [1.82, 2.24) is 0 Å². The van der Waals surface area contributed by atoms with Gasteiger partial charge in [0, 0.05) is 5.75 Å². The zero-order valence-electron chi connectivity index (χ0n) is 8.66. The lowest BCUT2D eigenvalue weighted by Gasteiger charge is -2.14. The highest BCUT2D eigenvalue weighted by molar-refractivity contribution is 7.99. The Morgan fingerprint density at radius 2 is 2.12 bits per heavy atom. The smallest absolute Gasteiger partial charge is 0.415 e. The van der Waals surface area contributed by atoms with E-state index in [0.29, 0.717) is 0 Å². The predicted molar refractivity (Wildman–Crippen MR) is 54.0 cm³/mol. The minimum atomic E-state index is -4.60. The van der Waals surface area contributed by atoms with Crippen molar-refractivity contribution in [2.75, 3.05) is 18.6 Å². The number of thioether (sulfide) groups is 1. The van der Waals surface area contributed by atoms with E-state index >= 15 is 0 Å². The number of esters is 1. The van der Waals surface area contributed by atoms with Crippen molar-refractivity contribution in [3.05, 3.63) is 0 Å². The lowest BCUT2D eigenvalue weighted by atomic mass is 10.2. The molecule has 2 unspecified atom stereocenters. The molecule has 0 aromatic carbocycles. The highest BCUT2D eigenvalue weighted by Crippen LogP contribution is 2.23. The molecule has 0 fully saturated rings. The van der Waals surface area contributed by atoms with Crippen molar-refractivity contribution in [2.45, 2.75) is 24.7 Å². The molecule has 0 amide bonds. The maximum atomic E-state index is 11.9. The Kier molecular flexibility index (Phi) is 6.77. The van der Waals surface area contributed by atoms with Gasteiger partial charge in [0.05, 0.1) is 7.11 Å². The predicted octanol–water partition coefficient (Wildman–Crippen LogP) is 0.533. The molecule has 96 valence electrons. The van der Waals surface area contributed by atoms with Gasteiger partial charge >= 0.3 is 12.1 Å². The number of aliphatic hydroxyl groups is 1. The Morgan fingerprint density at radius 1 is 1.56 bits per heavy atom. The number of hydrogen-bond acceptors (Lipinski definition) is 5. The number of alkyl halides is 3. The van der Waals surface area contributed by atoms with Gasteiger partial charge in [-0.1, -0.05) is 0 Å². The van der Waals surface area contributed by atoms with Crippen LogP contribution in [-0.2, 0) is 9.53 Å². The second kappa shape index (κ2) is 6.97. The van der Waals surface area contributed by atoms with Crippen molar-refractivity contribution < 1.29 is 27.8 Å². The molecule has 0 heterocycles. The van der Waals surface area contributed by atoms with Crippen LogP contribution in [0.15, 0.2) is 0 Å². The molecule has 0 aromatic heterocycles. The first-order valence-electron chi connectivity index (χ1n) is 4.45. The fraction of sp³-hybridized carbons (Fsp3) is 0.875. The topological polar surface area (TPSA) is 72.5 Å². The molecule has 8 heteroatoms. The van der Waals surface area contributed by atoms with Crippen LogP contribution >= 0.6 is 11.8 Å². The van der Waals surface area contributed by atoms with E-state index in [1.165, 1.54) is 7.11 Å². The van der Waals surface area contributed by atoms with Gasteiger partial charge < -0.3 is 15.6 Å². The Labute approximate surface area is 95.3 Å². The lowest BCUT2D eigenvalue weighted by molar-refractivity contribution is -0.195. The van der Waals surface area contributed by atoms with E-state index < -0.39 is 30.0 Å². The largest absolute Gasteiger partial charge is 0.468 e. The summed E-state index contributed by atoms with van der Waals surface area (Å²) in [6.07, 6.45) is -6.73. The second-order valence-electron chi connectivity index (χ2n) is 3.05. The molecule has 0 aliphatic rings. The van der Waals surface area contributed by atoms with Crippen molar-refractivity contribution in [2.24, 2.45) is 5.73 Å². The zero-order chi connectivity index (χ0) is 12.8. The normalized spacial score (nSPS) is 15.6. The van der Waals surface area contributed by atoms with E-state index in [1.54, 1.807) is 0 Å². The molecular weight excluding hydrogens is 247 g/mol. The number of carbonyl (C=O) groups is 1. The van der Waals surface area contributed by atoms with Crippen LogP contribution < -0.4 is 5.73 Å². The summed E-state index contributed by atoms with van der Waals surface area (Å²) in [7, 11) is 1.18. The van der Waals surface area contributed by atoms with E-state index in [-0.39, 0.29) is 12.2 Å². The number of aliphatic hydroxyl groups excluding tert-OH is 1. The number of carbonyl (C=O) groups excluding carboxylic acids is 1. The van der Waals surface area contributed by atoms with Gasteiger partial charge in [0.1, 0.15) is 6.04 Å². The molecule has 0 rings (SSSR count). The number of nitrogens with two attached hydrogens (primary N) is 1. The molecule has 0 aliphatic heterocycles. The fourth-order valence-electron chi connectivity index (χ4n) is 0.769. The fourth-order valence-corrected chi connectivity index (χ4v) is 1.77. The molecule has 4 nitrogen and oxygen atoms in total. The van der Waals surface area contributed by atoms with Crippen LogP contribution in [0.25, 0.3) is 0 Å². The summed E-state index contributed by atoms with van der Waals surface area (Å²) in [5.74, 6) is -0.808. The third-order valence-corrected chi connectivity index (χ3v) is 2.81. The number of ether oxygens (including phenoxy) is 1. The van der Waals surface area contributed by atoms with Crippen LogP contribution in [0.5, 0.6) is 0 Å². The molecule has 0 saturated heterocycles. The highest BCUT2D eigenvalue weighted by Gasteiger charge is 2.37. The monoisotopic (exact) mass is 261 g/mol. The van der Waals surface area contributed by atoms with Gasteiger partial charge in [0.15, 0.2) is 6.10 Å². The number of halogens is 3. The van der Waals surface area contributed by atoms with E-state index in [1.807, 2.05) is 0 Å². The van der Waals surface area contributed by atoms with Gasteiger partial charge in [0.2, 0.25) is 0 Å². The van der Waals surface area contributed by atoms with Crippen molar-refractivity contribution in [1.29, 1.82) is 0 Å². The van der Waals surface area contributed by atoms with Crippen LogP contribution in [0.1, 0.15) is 6.42 Å². The Bertz CT molecular complexity index is 225. The molecule has 0 bridgehead atoms. The molecule has 0 aromatic rings. The van der Waals surface area contributed by atoms with Gasteiger partial charge in [-0.2, -0.15) is 24.9 Å². The van der Waals surface area contributed by atoms with E-state index in [2.05, 4.69) is 4.74 Å². The molecule has 0 saturated carbocycles. The summed E-state index contributed by atoms with van der Waals surface area (Å²) >= 11 is 0.887. The van der Waals surface area contributed by atoms with E-state index in [4.69, 9.17) is 10.8 Å². The van der Waals surface area contributed by atoms with E-state index in [0.717, 1.165) is 11.8 Å². The molecule has 16 heavy (non-hydrogen) atoms. The van der Waals surface area contributed by atoms with Gasteiger partial charge in [-0.15, -0.1) is 0 Å². The summed E-state index contributed by atoms with van der Waals surface area (Å²) < 4.78 is 39.9. The van der Waals surface area contributed by atoms with Gasteiger partial charge in [-0.25, -0.2) is 0 Å². The highest BCUT2D eigenvalue weighted by atomic mass is 32.2.